The fourth-order valence-corrected chi connectivity index (χ4v) is 3.90. The minimum Gasteiger partial charge on any atom is -0.507 e. The van der Waals surface area contributed by atoms with Gasteiger partial charge in [0.2, 0.25) is 0 Å². The number of benzene rings is 3. The number of phenolic OH excluding ortho intramolecular Hbond substituents is 1. The molecule has 3 nitrogen and oxygen atoms in total. The minimum absolute atomic E-state index is 0.226. The number of hydrogen-bond acceptors (Lipinski definition) is 3. The van der Waals surface area contributed by atoms with Gasteiger partial charge in [0, 0.05) is 16.7 Å². The van der Waals surface area contributed by atoms with E-state index >= 15 is 0 Å². The Kier molecular flexibility index (Phi) is 7.56. The summed E-state index contributed by atoms with van der Waals surface area (Å²) < 4.78 is 11.3. The molecule has 3 heteroatoms. The summed E-state index contributed by atoms with van der Waals surface area (Å²) >= 11 is 0. The molecular formula is C29H30O3. The third-order valence-corrected chi connectivity index (χ3v) is 5.44. The first-order valence-electron chi connectivity index (χ1n) is 10.6. The first-order valence-corrected chi connectivity index (χ1v) is 10.6. The first-order chi connectivity index (χ1) is 15.6. The number of aromatic hydroxyl groups is 1. The van der Waals surface area contributed by atoms with Crippen molar-refractivity contribution in [3.8, 4) is 39.5 Å². The van der Waals surface area contributed by atoms with Gasteiger partial charge >= 0.3 is 0 Å². The third kappa shape index (κ3) is 4.78. The van der Waals surface area contributed by atoms with Gasteiger partial charge in [-0.3, -0.25) is 0 Å². The molecule has 3 rings (SSSR count). The van der Waals surface area contributed by atoms with Gasteiger partial charge < -0.3 is 14.6 Å². The highest BCUT2D eigenvalue weighted by molar-refractivity contribution is 5.84. The Labute approximate surface area is 191 Å². The second-order valence-corrected chi connectivity index (χ2v) is 7.58. The molecule has 3 aromatic rings. The van der Waals surface area contributed by atoms with Crippen molar-refractivity contribution in [3.05, 3.63) is 103 Å². The molecule has 0 saturated heterocycles. The second-order valence-electron chi connectivity index (χ2n) is 7.58. The van der Waals surface area contributed by atoms with E-state index in [4.69, 9.17) is 9.47 Å². The molecule has 0 aliphatic rings. The highest BCUT2D eigenvalue weighted by Gasteiger charge is 2.18. The molecular weight excluding hydrogens is 396 g/mol. The van der Waals surface area contributed by atoms with Crippen LogP contribution >= 0.6 is 0 Å². The standard InChI is InChI=1S/C29H30O3/c1-6-9-20-12-14-27(31-4)24(16-20)23-18-22(11-8-3)29(30)26(19-23)25-17-21(10-7-2)13-15-28(25)32-5/h6-8,12-19,30H,1-3,9-11H2,4-5H3. The molecule has 0 heterocycles. The fourth-order valence-electron chi connectivity index (χ4n) is 3.90. The fraction of sp³-hybridized carbons (Fsp3) is 0.172. The summed E-state index contributed by atoms with van der Waals surface area (Å²) in [6, 6.07) is 16.1. The lowest BCUT2D eigenvalue weighted by molar-refractivity contribution is 0.415. The highest BCUT2D eigenvalue weighted by atomic mass is 16.5. The van der Waals surface area contributed by atoms with Gasteiger partial charge in [-0.25, -0.2) is 0 Å². The van der Waals surface area contributed by atoms with E-state index in [1.165, 1.54) is 0 Å². The van der Waals surface area contributed by atoms with Crippen molar-refractivity contribution in [2.45, 2.75) is 19.3 Å². The van der Waals surface area contributed by atoms with Gasteiger partial charge in [-0.1, -0.05) is 30.4 Å². The van der Waals surface area contributed by atoms with Gasteiger partial charge in [0.05, 0.1) is 14.2 Å². The van der Waals surface area contributed by atoms with Crippen LogP contribution in [0.4, 0.5) is 0 Å². The quantitative estimate of drug-likeness (QED) is 0.357. The largest absolute Gasteiger partial charge is 0.507 e. The zero-order chi connectivity index (χ0) is 23.1. The summed E-state index contributed by atoms with van der Waals surface area (Å²) in [6.45, 7) is 11.6. The van der Waals surface area contributed by atoms with E-state index in [9.17, 15) is 5.11 Å². The summed E-state index contributed by atoms with van der Waals surface area (Å²) in [5.74, 6) is 1.69. The summed E-state index contributed by atoms with van der Waals surface area (Å²) in [5.41, 5.74) is 6.47. The van der Waals surface area contributed by atoms with Crippen LogP contribution in [0.1, 0.15) is 16.7 Å². The molecule has 0 saturated carbocycles. The summed E-state index contributed by atoms with van der Waals surface area (Å²) in [6.07, 6.45) is 7.57. The number of allylic oxidation sites excluding steroid dienone is 3. The highest BCUT2D eigenvalue weighted by Crippen LogP contribution is 2.43. The third-order valence-electron chi connectivity index (χ3n) is 5.44. The first kappa shape index (κ1) is 23.0. The maximum atomic E-state index is 11.2. The van der Waals surface area contributed by atoms with Crippen LogP contribution in [0.2, 0.25) is 0 Å². The number of hydrogen-bond donors (Lipinski definition) is 1. The average Bonchev–Trinajstić information content (AvgIpc) is 2.81. The van der Waals surface area contributed by atoms with Crippen molar-refractivity contribution in [1.29, 1.82) is 0 Å². The van der Waals surface area contributed by atoms with Crippen LogP contribution in [0, 0.1) is 0 Å². The van der Waals surface area contributed by atoms with Crippen molar-refractivity contribution in [2.75, 3.05) is 14.2 Å². The molecule has 3 aromatic carbocycles. The molecule has 0 radical (unpaired) electrons. The van der Waals surface area contributed by atoms with Gasteiger partial charge in [-0.15, -0.1) is 19.7 Å². The van der Waals surface area contributed by atoms with Gasteiger partial charge in [0.25, 0.3) is 0 Å². The van der Waals surface area contributed by atoms with Crippen molar-refractivity contribution in [1.82, 2.24) is 0 Å². The molecule has 0 aliphatic heterocycles. The van der Waals surface area contributed by atoms with Crippen LogP contribution in [0.5, 0.6) is 17.2 Å². The number of ether oxygens (including phenoxy) is 2. The smallest absolute Gasteiger partial charge is 0.127 e. The molecule has 0 amide bonds. The van der Waals surface area contributed by atoms with Gasteiger partial charge in [-0.2, -0.15) is 0 Å². The maximum absolute atomic E-state index is 11.2. The van der Waals surface area contributed by atoms with Crippen molar-refractivity contribution in [2.24, 2.45) is 0 Å². The lowest BCUT2D eigenvalue weighted by Crippen LogP contribution is -1.96. The molecule has 0 fully saturated rings. The zero-order valence-corrected chi connectivity index (χ0v) is 18.9. The van der Waals surface area contributed by atoms with Crippen LogP contribution in [0.25, 0.3) is 22.3 Å². The lowest BCUT2D eigenvalue weighted by atomic mass is 9.91. The normalized spacial score (nSPS) is 10.4. The van der Waals surface area contributed by atoms with Crippen LogP contribution in [0.15, 0.2) is 86.5 Å². The Balaban J connectivity index is 2.30. The topological polar surface area (TPSA) is 38.7 Å². The van der Waals surface area contributed by atoms with Crippen molar-refractivity contribution in [3.63, 3.8) is 0 Å². The van der Waals surface area contributed by atoms with Gasteiger partial charge in [0.15, 0.2) is 0 Å². The molecule has 0 bridgehead atoms. The van der Waals surface area contributed by atoms with Gasteiger partial charge in [-0.05, 0) is 77.9 Å². The predicted octanol–water partition coefficient (Wildman–Crippen LogP) is 6.93. The molecule has 164 valence electrons. The Morgan fingerprint density at radius 1 is 0.688 bits per heavy atom. The average molecular weight is 427 g/mol. The summed E-state index contributed by atoms with van der Waals surface area (Å²) in [7, 11) is 3.30. The van der Waals surface area contributed by atoms with E-state index in [-0.39, 0.29) is 5.75 Å². The minimum atomic E-state index is 0.226. The molecule has 32 heavy (non-hydrogen) atoms. The Hall–Kier alpha value is -3.72. The Morgan fingerprint density at radius 2 is 1.22 bits per heavy atom. The number of phenols is 1. The molecule has 1 N–H and O–H groups in total. The van der Waals surface area contributed by atoms with Crippen LogP contribution in [-0.2, 0) is 19.3 Å². The number of methoxy groups -OCH3 is 2. The van der Waals surface area contributed by atoms with E-state index in [1.54, 1.807) is 20.3 Å². The van der Waals surface area contributed by atoms with Gasteiger partial charge in [0.1, 0.15) is 17.2 Å². The summed E-state index contributed by atoms with van der Waals surface area (Å²) in [4.78, 5) is 0. The molecule has 0 aliphatic carbocycles. The van der Waals surface area contributed by atoms with E-state index in [2.05, 4.69) is 25.8 Å². The molecule has 0 unspecified atom stereocenters. The van der Waals surface area contributed by atoms with Crippen LogP contribution in [-0.4, -0.2) is 19.3 Å². The summed E-state index contributed by atoms with van der Waals surface area (Å²) in [5, 5.41) is 11.2. The molecule has 0 aromatic heterocycles. The van der Waals surface area contributed by atoms with Crippen LogP contribution < -0.4 is 9.47 Å². The van der Waals surface area contributed by atoms with Crippen LogP contribution in [0.3, 0.4) is 0 Å². The maximum Gasteiger partial charge on any atom is 0.127 e. The van der Waals surface area contributed by atoms with Crippen molar-refractivity contribution < 1.29 is 14.6 Å². The second kappa shape index (κ2) is 10.5. The van der Waals surface area contributed by atoms with E-state index in [0.29, 0.717) is 17.7 Å². The Morgan fingerprint density at radius 3 is 1.75 bits per heavy atom. The zero-order valence-electron chi connectivity index (χ0n) is 18.9. The predicted molar refractivity (Wildman–Crippen MR) is 134 cm³/mol. The van der Waals surface area contributed by atoms with E-state index in [1.807, 2.05) is 54.6 Å². The Bertz CT molecular complexity index is 1140. The molecule has 0 spiro atoms. The van der Waals surface area contributed by atoms with E-state index < -0.39 is 0 Å². The van der Waals surface area contributed by atoms with E-state index in [0.717, 1.165) is 52.0 Å². The monoisotopic (exact) mass is 426 g/mol. The lowest BCUT2D eigenvalue weighted by Gasteiger charge is -2.18. The van der Waals surface area contributed by atoms with Crippen molar-refractivity contribution >= 4 is 0 Å². The number of rotatable bonds is 10. The SMILES string of the molecule is C=CCc1ccc(OC)c(-c2cc(CC=C)c(O)c(-c3cc(CC=C)ccc3OC)c2)c1. The molecule has 0 atom stereocenters.